The van der Waals surface area contributed by atoms with E-state index < -0.39 is 17.4 Å². The third-order valence-corrected chi connectivity index (χ3v) is 3.12. The number of methoxy groups -OCH3 is 1. The maximum Gasteiger partial charge on any atom is 0.330 e. The Morgan fingerprint density at radius 2 is 2.17 bits per heavy atom. The Bertz CT molecular complexity index is 372. The molecule has 0 spiro atoms. The Balaban J connectivity index is 2.72. The van der Waals surface area contributed by atoms with Crippen LogP contribution in [0.4, 0.5) is 0 Å². The first-order chi connectivity index (χ1) is 8.56. The lowest BCUT2D eigenvalue weighted by Crippen LogP contribution is -2.35. The fourth-order valence-corrected chi connectivity index (χ4v) is 2.19. The lowest BCUT2D eigenvalue weighted by atomic mass is 9.81. The van der Waals surface area contributed by atoms with Gasteiger partial charge in [0.25, 0.3) is 0 Å². The molecule has 5 nitrogen and oxygen atoms in total. The van der Waals surface area contributed by atoms with Gasteiger partial charge in [-0.1, -0.05) is 6.08 Å². The number of ketones is 1. The number of ether oxygens (including phenoxy) is 2. The third-order valence-electron chi connectivity index (χ3n) is 3.12. The van der Waals surface area contributed by atoms with Crippen LogP contribution < -0.4 is 0 Å². The van der Waals surface area contributed by atoms with Crippen molar-refractivity contribution in [1.82, 2.24) is 0 Å². The van der Waals surface area contributed by atoms with Gasteiger partial charge in [-0.25, -0.2) is 4.79 Å². The molecule has 0 radical (unpaired) electrons. The van der Waals surface area contributed by atoms with Gasteiger partial charge in [0.2, 0.25) is 0 Å². The van der Waals surface area contributed by atoms with Crippen LogP contribution in [-0.2, 0) is 23.9 Å². The molecule has 0 aromatic carbocycles. The zero-order valence-electron chi connectivity index (χ0n) is 10.7. The number of rotatable bonds is 5. The Labute approximate surface area is 106 Å². The van der Waals surface area contributed by atoms with E-state index in [1.165, 1.54) is 19.3 Å². The number of carbonyl (C=O) groups is 3. The summed E-state index contributed by atoms with van der Waals surface area (Å²) in [5.41, 5.74) is -1.10. The highest BCUT2D eigenvalue weighted by Gasteiger charge is 2.48. The van der Waals surface area contributed by atoms with Crippen LogP contribution in [0.15, 0.2) is 12.2 Å². The molecule has 18 heavy (non-hydrogen) atoms. The van der Waals surface area contributed by atoms with Crippen molar-refractivity contribution in [1.29, 1.82) is 0 Å². The average molecular weight is 254 g/mol. The van der Waals surface area contributed by atoms with Gasteiger partial charge >= 0.3 is 11.9 Å². The van der Waals surface area contributed by atoms with Gasteiger partial charge in [-0.2, -0.15) is 0 Å². The van der Waals surface area contributed by atoms with Crippen LogP contribution in [0, 0.1) is 5.41 Å². The zero-order valence-corrected chi connectivity index (χ0v) is 10.7. The van der Waals surface area contributed by atoms with Crippen molar-refractivity contribution in [2.24, 2.45) is 5.41 Å². The highest BCUT2D eigenvalue weighted by atomic mass is 16.5. The molecule has 0 amide bonds. The molecule has 1 saturated carbocycles. The molecule has 0 heterocycles. The topological polar surface area (TPSA) is 69.7 Å². The molecule has 0 saturated heterocycles. The minimum Gasteiger partial charge on any atom is -0.468 e. The van der Waals surface area contributed by atoms with Crippen molar-refractivity contribution in [2.45, 2.75) is 32.6 Å². The van der Waals surface area contributed by atoms with E-state index in [0.717, 1.165) is 0 Å². The van der Waals surface area contributed by atoms with Crippen molar-refractivity contribution in [3.05, 3.63) is 12.2 Å². The molecule has 0 N–H and O–H groups in total. The Morgan fingerprint density at radius 3 is 2.67 bits per heavy atom. The second-order valence-corrected chi connectivity index (χ2v) is 4.21. The van der Waals surface area contributed by atoms with Gasteiger partial charge in [0.05, 0.1) is 13.7 Å². The standard InChI is InChI=1S/C13H18O5/c1-3-18-11(15)7-5-9-13(12(16)17-2)8-4-6-10(13)14/h5,7H,3-4,6,8-9H2,1-2H3/b7-5+/t13-/m1/s1. The van der Waals surface area contributed by atoms with Gasteiger partial charge < -0.3 is 9.47 Å². The van der Waals surface area contributed by atoms with Gasteiger partial charge in [-0.05, 0) is 26.2 Å². The lowest BCUT2D eigenvalue weighted by Gasteiger charge is -2.22. The average Bonchev–Trinajstić information content (AvgIpc) is 2.71. The highest BCUT2D eigenvalue weighted by Crippen LogP contribution is 2.39. The summed E-state index contributed by atoms with van der Waals surface area (Å²) < 4.78 is 9.43. The smallest absolute Gasteiger partial charge is 0.330 e. The number of Topliss-reactive ketones (excluding diaryl/α,β-unsaturated/α-hetero) is 1. The van der Waals surface area contributed by atoms with Gasteiger partial charge in [-0.15, -0.1) is 0 Å². The van der Waals surface area contributed by atoms with Crippen molar-refractivity contribution in [3.8, 4) is 0 Å². The minimum absolute atomic E-state index is 0.108. The fraction of sp³-hybridized carbons (Fsp3) is 0.615. The molecular weight excluding hydrogens is 236 g/mol. The van der Waals surface area contributed by atoms with Gasteiger partial charge in [0.15, 0.2) is 5.78 Å². The summed E-state index contributed by atoms with van der Waals surface area (Å²) in [5, 5.41) is 0. The van der Waals surface area contributed by atoms with Crippen LogP contribution in [0.5, 0.6) is 0 Å². The molecule has 100 valence electrons. The summed E-state index contributed by atoms with van der Waals surface area (Å²) >= 11 is 0. The van der Waals surface area contributed by atoms with Gasteiger partial charge in [-0.3, -0.25) is 9.59 Å². The quantitative estimate of drug-likeness (QED) is 0.421. The Morgan fingerprint density at radius 1 is 1.44 bits per heavy atom. The summed E-state index contributed by atoms with van der Waals surface area (Å²) in [6, 6.07) is 0. The first-order valence-corrected chi connectivity index (χ1v) is 6.02. The summed E-state index contributed by atoms with van der Waals surface area (Å²) in [4.78, 5) is 34.7. The third kappa shape index (κ3) is 2.97. The molecule has 0 aliphatic heterocycles. The van der Waals surface area contributed by atoms with E-state index in [9.17, 15) is 14.4 Å². The molecule has 0 aromatic heterocycles. The van der Waals surface area contributed by atoms with Crippen molar-refractivity contribution >= 4 is 17.7 Å². The monoisotopic (exact) mass is 254 g/mol. The van der Waals surface area contributed by atoms with Gasteiger partial charge in [0.1, 0.15) is 5.41 Å². The second kappa shape index (κ2) is 6.33. The van der Waals surface area contributed by atoms with E-state index in [4.69, 9.17) is 9.47 Å². The SMILES string of the molecule is CCOC(=O)/C=C/C[C@]1(C(=O)OC)CCCC1=O. The Kier molecular flexibility index (Phi) is 5.07. The highest BCUT2D eigenvalue weighted by molar-refractivity contribution is 6.05. The second-order valence-electron chi connectivity index (χ2n) is 4.21. The summed E-state index contributed by atoms with van der Waals surface area (Å²) in [7, 11) is 1.27. The van der Waals surface area contributed by atoms with Crippen LogP contribution in [0.1, 0.15) is 32.6 Å². The predicted octanol–water partition coefficient (Wildman–Crippen LogP) is 1.41. The lowest BCUT2D eigenvalue weighted by molar-refractivity contribution is -0.156. The van der Waals surface area contributed by atoms with E-state index in [0.29, 0.717) is 25.9 Å². The molecular formula is C13H18O5. The Hall–Kier alpha value is -1.65. The van der Waals surface area contributed by atoms with Gasteiger partial charge in [0, 0.05) is 12.5 Å². The number of carbonyl (C=O) groups excluding carboxylic acids is 3. The normalized spacial score (nSPS) is 23.3. The number of hydrogen-bond donors (Lipinski definition) is 0. The van der Waals surface area contributed by atoms with Crippen LogP contribution in [0.3, 0.4) is 0 Å². The summed E-state index contributed by atoms with van der Waals surface area (Å²) in [6.07, 6.45) is 4.50. The number of allylic oxidation sites excluding steroid dienone is 1. The number of esters is 2. The van der Waals surface area contributed by atoms with E-state index in [1.807, 2.05) is 0 Å². The zero-order chi connectivity index (χ0) is 13.6. The molecule has 1 aliphatic carbocycles. The van der Waals surface area contributed by atoms with Crippen molar-refractivity contribution in [3.63, 3.8) is 0 Å². The van der Waals surface area contributed by atoms with E-state index in [1.54, 1.807) is 6.92 Å². The largest absolute Gasteiger partial charge is 0.468 e. The van der Waals surface area contributed by atoms with Crippen LogP contribution in [0.2, 0.25) is 0 Å². The molecule has 1 atom stereocenters. The minimum atomic E-state index is -1.10. The molecule has 0 aromatic rings. The molecule has 1 rings (SSSR count). The van der Waals surface area contributed by atoms with Crippen LogP contribution in [-0.4, -0.2) is 31.4 Å². The fourth-order valence-electron chi connectivity index (χ4n) is 2.19. The van der Waals surface area contributed by atoms with E-state index >= 15 is 0 Å². The van der Waals surface area contributed by atoms with Crippen LogP contribution in [0.25, 0.3) is 0 Å². The maximum absolute atomic E-state index is 11.8. The molecule has 0 bridgehead atoms. The van der Waals surface area contributed by atoms with Crippen molar-refractivity contribution < 1.29 is 23.9 Å². The molecule has 1 fully saturated rings. The van der Waals surface area contributed by atoms with E-state index in [-0.39, 0.29) is 12.2 Å². The first-order valence-electron chi connectivity index (χ1n) is 6.02. The summed E-state index contributed by atoms with van der Waals surface area (Å²) in [6.45, 7) is 2.01. The first kappa shape index (κ1) is 14.4. The summed E-state index contributed by atoms with van der Waals surface area (Å²) in [5.74, 6) is -1.09. The number of hydrogen-bond acceptors (Lipinski definition) is 5. The van der Waals surface area contributed by atoms with Crippen LogP contribution >= 0.6 is 0 Å². The predicted molar refractivity (Wildman–Crippen MR) is 63.7 cm³/mol. The molecule has 1 aliphatic rings. The van der Waals surface area contributed by atoms with Crippen molar-refractivity contribution in [2.75, 3.05) is 13.7 Å². The molecule has 5 heteroatoms. The maximum atomic E-state index is 11.8. The van der Waals surface area contributed by atoms with E-state index in [2.05, 4.69) is 0 Å². The molecule has 0 unspecified atom stereocenters.